The maximum Gasteiger partial charge on any atom is 0.145 e. The van der Waals surface area contributed by atoms with E-state index in [9.17, 15) is 8.78 Å². The first-order valence-corrected chi connectivity index (χ1v) is 12.6. The molecule has 0 bridgehead atoms. The van der Waals surface area contributed by atoms with Gasteiger partial charge in [0, 0.05) is 19.1 Å². The fraction of sp³-hybridized carbons (Fsp3) is 0.448. The number of methoxy groups -OCH3 is 1. The molecule has 34 heavy (non-hydrogen) atoms. The summed E-state index contributed by atoms with van der Waals surface area (Å²) in [6.45, 7) is 0.864. The summed E-state index contributed by atoms with van der Waals surface area (Å²) in [6, 6.07) is 12.1. The quantitative estimate of drug-likeness (QED) is 0.274. The third-order valence-corrected chi connectivity index (χ3v) is 7.72. The van der Waals surface area contributed by atoms with Crippen LogP contribution in [0.15, 0.2) is 42.5 Å². The van der Waals surface area contributed by atoms with E-state index in [4.69, 9.17) is 16.3 Å². The highest BCUT2D eigenvalue weighted by atomic mass is 35.5. The molecule has 0 amide bonds. The summed E-state index contributed by atoms with van der Waals surface area (Å²) in [4.78, 5) is 0. The van der Waals surface area contributed by atoms with Gasteiger partial charge in [0.15, 0.2) is 0 Å². The second kappa shape index (κ2) is 11.6. The molecular weight excluding hydrogens is 457 g/mol. The van der Waals surface area contributed by atoms with Crippen LogP contribution in [0.4, 0.5) is 13.2 Å². The lowest BCUT2D eigenvalue weighted by Gasteiger charge is -2.28. The fourth-order valence-electron chi connectivity index (χ4n) is 5.23. The summed E-state index contributed by atoms with van der Waals surface area (Å²) in [7, 11) is 1.77. The van der Waals surface area contributed by atoms with Gasteiger partial charge in [-0.3, -0.25) is 0 Å². The van der Waals surface area contributed by atoms with E-state index < -0.39 is 16.7 Å². The SMILES string of the molecule is COCCC1CCC(CCc2ccc3c(F)c(CCc4cc(F)c(Cl)c(F)c4)ccc3c2)CC1. The maximum absolute atomic E-state index is 15.1. The molecule has 1 aliphatic carbocycles. The van der Waals surface area contributed by atoms with Gasteiger partial charge in [0.2, 0.25) is 0 Å². The zero-order valence-corrected chi connectivity index (χ0v) is 20.4. The molecule has 5 heteroatoms. The van der Waals surface area contributed by atoms with Crippen molar-refractivity contribution in [3.8, 4) is 0 Å². The van der Waals surface area contributed by atoms with Crippen LogP contribution >= 0.6 is 11.6 Å². The standard InChI is InChI=1S/C29H32ClF3O/c1-34-15-14-20-4-2-19(3-5-20)6-7-21-9-13-25-24(16-21)12-11-23(29(25)33)10-8-22-17-26(31)28(30)27(32)18-22/h9,11-13,16-20H,2-8,10,14-15H2,1H3. The molecule has 182 valence electrons. The van der Waals surface area contributed by atoms with Crippen molar-refractivity contribution >= 4 is 22.4 Å². The van der Waals surface area contributed by atoms with Crippen LogP contribution in [-0.4, -0.2) is 13.7 Å². The van der Waals surface area contributed by atoms with Crippen molar-refractivity contribution in [1.82, 2.24) is 0 Å². The van der Waals surface area contributed by atoms with Crippen molar-refractivity contribution in [3.63, 3.8) is 0 Å². The Kier molecular flexibility index (Phi) is 8.55. The highest BCUT2D eigenvalue weighted by Crippen LogP contribution is 2.34. The molecule has 0 heterocycles. The lowest BCUT2D eigenvalue weighted by molar-refractivity contribution is 0.155. The average molecular weight is 489 g/mol. The van der Waals surface area contributed by atoms with E-state index in [1.165, 1.54) is 56.2 Å². The van der Waals surface area contributed by atoms with Crippen LogP contribution in [-0.2, 0) is 24.0 Å². The molecule has 0 radical (unpaired) electrons. The average Bonchev–Trinajstić information content (AvgIpc) is 2.85. The van der Waals surface area contributed by atoms with Crippen LogP contribution in [0.2, 0.25) is 5.02 Å². The molecule has 1 aliphatic rings. The first-order valence-electron chi connectivity index (χ1n) is 12.3. The Labute approximate surface area is 205 Å². The zero-order valence-electron chi connectivity index (χ0n) is 19.7. The predicted octanol–water partition coefficient (Wildman–Crippen LogP) is 8.47. The van der Waals surface area contributed by atoms with Gasteiger partial charge in [0.1, 0.15) is 22.5 Å². The Balaban J connectivity index is 1.35. The van der Waals surface area contributed by atoms with Gasteiger partial charge < -0.3 is 4.74 Å². The van der Waals surface area contributed by atoms with Crippen LogP contribution in [0.1, 0.15) is 55.2 Å². The van der Waals surface area contributed by atoms with Crippen molar-refractivity contribution < 1.29 is 17.9 Å². The zero-order chi connectivity index (χ0) is 24.1. The Bertz CT molecular complexity index is 1100. The maximum atomic E-state index is 15.1. The van der Waals surface area contributed by atoms with Gasteiger partial charge in [0.05, 0.1) is 0 Å². The second-order valence-electron chi connectivity index (χ2n) is 9.67. The lowest BCUT2D eigenvalue weighted by atomic mass is 9.78. The third kappa shape index (κ3) is 6.14. The molecule has 0 atom stereocenters. The van der Waals surface area contributed by atoms with Crippen LogP contribution in [0.5, 0.6) is 0 Å². The highest BCUT2D eigenvalue weighted by Gasteiger charge is 2.21. The number of rotatable bonds is 9. The van der Waals surface area contributed by atoms with Crippen LogP contribution in [0.25, 0.3) is 10.8 Å². The molecule has 1 nitrogen and oxygen atoms in total. The molecule has 4 rings (SSSR count). The van der Waals surface area contributed by atoms with Crippen molar-refractivity contribution in [2.24, 2.45) is 11.8 Å². The lowest BCUT2D eigenvalue weighted by Crippen LogP contribution is -2.16. The minimum atomic E-state index is -0.790. The molecule has 3 aromatic rings. The van der Waals surface area contributed by atoms with Crippen molar-refractivity contribution in [3.05, 3.63) is 81.6 Å². The largest absolute Gasteiger partial charge is 0.385 e. The molecule has 1 saturated carbocycles. The Morgan fingerprint density at radius 1 is 0.794 bits per heavy atom. The van der Waals surface area contributed by atoms with Gasteiger partial charge in [-0.05, 0) is 78.1 Å². The minimum Gasteiger partial charge on any atom is -0.385 e. The number of hydrogen-bond donors (Lipinski definition) is 0. The van der Waals surface area contributed by atoms with Crippen LogP contribution in [0, 0.1) is 29.3 Å². The molecule has 0 aliphatic heterocycles. The minimum absolute atomic E-state index is 0.256. The molecular formula is C29H32ClF3O. The van der Waals surface area contributed by atoms with Gasteiger partial charge in [-0.1, -0.05) is 67.6 Å². The first kappa shape index (κ1) is 25.1. The van der Waals surface area contributed by atoms with Crippen LogP contribution < -0.4 is 0 Å². The Morgan fingerprint density at radius 3 is 2.15 bits per heavy atom. The number of benzene rings is 3. The van der Waals surface area contributed by atoms with E-state index in [2.05, 4.69) is 6.07 Å². The van der Waals surface area contributed by atoms with Crippen molar-refractivity contribution in [2.45, 2.75) is 57.8 Å². The predicted molar refractivity (Wildman–Crippen MR) is 133 cm³/mol. The van der Waals surface area contributed by atoms with Gasteiger partial charge in [-0.15, -0.1) is 0 Å². The molecule has 0 unspecified atom stereocenters. The molecule has 1 fully saturated rings. The van der Waals surface area contributed by atoms with Crippen molar-refractivity contribution in [1.29, 1.82) is 0 Å². The number of aryl methyl sites for hydroxylation is 3. The van der Waals surface area contributed by atoms with E-state index in [1.807, 2.05) is 18.2 Å². The first-order chi connectivity index (χ1) is 16.4. The summed E-state index contributed by atoms with van der Waals surface area (Å²) < 4.78 is 47.7. The fourth-order valence-corrected chi connectivity index (χ4v) is 5.34. The number of hydrogen-bond acceptors (Lipinski definition) is 1. The third-order valence-electron chi connectivity index (χ3n) is 7.36. The summed E-state index contributed by atoms with van der Waals surface area (Å²) in [5, 5.41) is 0.977. The molecule has 3 aromatic carbocycles. The van der Waals surface area contributed by atoms with E-state index in [-0.39, 0.29) is 5.82 Å². The summed E-state index contributed by atoms with van der Waals surface area (Å²) in [5.74, 6) is -0.249. The Morgan fingerprint density at radius 2 is 1.47 bits per heavy atom. The van der Waals surface area contributed by atoms with E-state index >= 15 is 4.39 Å². The van der Waals surface area contributed by atoms with Gasteiger partial charge in [0.25, 0.3) is 0 Å². The number of fused-ring (bicyclic) bond motifs is 1. The van der Waals surface area contributed by atoms with Gasteiger partial charge in [-0.25, -0.2) is 13.2 Å². The summed E-state index contributed by atoms with van der Waals surface area (Å²) >= 11 is 5.54. The summed E-state index contributed by atoms with van der Waals surface area (Å²) in [5.41, 5.74) is 2.25. The van der Waals surface area contributed by atoms with E-state index in [0.717, 1.165) is 30.2 Å². The molecule has 0 saturated heterocycles. The number of ether oxygens (including phenoxy) is 1. The number of halogens is 4. The monoisotopic (exact) mass is 488 g/mol. The second-order valence-corrected chi connectivity index (χ2v) is 10.1. The van der Waals surface area contributed by atoms with Crippen LogP contribution in [0.3, 0.4) is 0 Å². The van der Waals surface area contributed by atoms with Gasteiger partial charge in [-0.2, -0.15) is 0 Å². The molecule has 0 N–H and O–H groups in total. The van der Waals surface area contributed by atoms with E-state index in [0.29, 0.717) is 29.4 Å². The van der Waals surface area contributed by atoms with E-state index in [1.54, 1.807) is 13.2 Å². The Hall–Kier alpha value is -2.04. The molecule has 0 aromatic heterocycles. The highest BCUT2D eigenvalue weighted by molar-refractivity contribution is 6.30. The molecule has 0 spiro atoms. The summed E-state index contributed by atoms with van der Waals surface area (Å²) in [6.07, 6.45) is 9.25. The van der Waals surface area contributed by atoms with Gasteiger partial charge >= 0.3 is 0 Å². The topological polar surface area (TPSA) is 9.23 Å². The normalized spacial score (nSPS) is 18.5. The smallest absolute Gasteiger partial charge is 0.145 e. The van der Waals surface area contributed by atoms with Crippen molar-refractivity contribution in [2.75, 3.05) is 13.7 Å².